The van der Waals surface area contributed by atoms with Gasteiger partial charge in [-0.2, -0.15) is 0 Å². The molecule has 0 saturated carbocycles. The minimum atomic E-state index is -1.17. The molecule has 2 unspecified atom stereocenters. The van der Waals surface area contributed by atoms with E-state index in [0.29, 0.717) is 18.2 Å². The molecule has 24 heavy (non-hydrogen) atoms. The fourth-order valence-corrected chi connectivity index (χ4v) is 4.82. The molecule has 2 heterocycles. The minimum Gasteiger partial charge on any atom is -0.461 e. The van der Waals surface area contributed by atoms with E-state index in [2.05, 4.69) is 43.7 Å². The van der Waals surface area contributed by atoms with Crippen LogP contribution in [0.2, 0.25) is 13.1 Å². The highest BCUT2D eigenvalue weighted by Crippen LogP contribution is 2.39. The first kappa shape index (κ1) is 19.4. The molecule has 0 spiro atoms. The number of piperidine rings is 1. The SMILES string of the molecule is CCOC(=O)c1csc(N2CCC(C(C)(C)C)CC2O[SiH](C)C)n1. The van der Waals surface area contributed by atoms with Crippen LogP contribution < -0.4 is 4.90 Å². The number of rotatable bonds is 5. The van der Waals surface area contributed by atoms with E-state index < -0.39 is 9.04 Å². The molecule has 7 heteroatoms. The molecule has 0 aromatic carbocycles. The van der Waals surface area contributed by atoms with Gasteiger partial charge >= 0.3 is 5.97 Å². The summed E-state index contributed by atoms with van der Waals surface area (Å²) in [4.78, 5) is 18.6. The van der Waals surface area contributed by atoms with Crippen LogP contribution in [0.5, 0.6) is 0 Å². The van der Waals surface area contributed by atoms with Gasteiger partial charge in [-0.15, -0.1) is 11.3 Å². The number of aromatic nitrogens is 1. The second-order valence-electron chi connectivity index (χ2n) is 7.66. The predicted molar refractivity (Wildman–Crippen MR) is 101 cm³/mol. The summed E-state index contributed by atoms with van der Waals surface area (Å²) in [5.74, 6) is 0.288. The van der Waals surface area contributed by atoms with Gasteiger partial charge in [0.05, 0.1) is 6.61 Å². The standard InChI is InChI=1S/C17H30N2O3SSi/c1-7-21-15(20)13-11-23-16(18-13)19-9-8-12(17(2,3)4)10-14(19)22-24(5)6/h11-12,14,24H,7-10H2,1-6H3. The molecule has 0 amide bonds. The summed E-state index contributed by atoms with van der Waals surface area (Å²) in [5.41, 5.74) is 0.681. The molecule has 1 aromatic heterocycles. The fourth-order valence-electron chi connectivity index (χ4n) is 3.07. The first-order valence-electron chi connectivity index (χ1n) is 8.77. The molecule has 0 radical (unpaired) electrons. The van der Waals surface area contributed by atoms with Crippen molar-refractivity contribution in [2.75, 3.05) is 18.1 Å². The molecular formula is C17H30N2O3SSi. The molecule has 1 aliphatic heterocycles. The molecular weight excluding hydrogens is 340 g/mol. The Kier molecular flexibility index (Phi) is 6.44. The molecule has 1 aliphatic rings. The lowest BCUT2D eigenvalue weighted by Crippen LogP contribution is -2.48. The van der Waals surface area contributed by atoms with Crippen LogP contribution in [0.15, 0.2) is 5.38 Å². The highest BCUT2D eigenvalue weighted by Gasteiger charge is 2.36. The van der Waals surface area contributed by atoms with Crippen molar-refractivity contribution in [1.82, 2.24) is 4.98 Å². The van der Waals surface area contributed by atoms with Crippen LogP contribution in [0, 0.1) is 11.3 Å². The van der Waals surface area contributed by atoms with E-state index in [4.69, 9.17) is 9.16 Å². The van der Waals surface area contributed by atoms with Gasteiger partial charge in [0.2, 0.25) is 0 Å². The van der Waals surface area contributed by atoms with Gasteiger partial charge in [0, 0.05) is 11.9 Å². The smallest absolute Gasteiger partial charge is 0.357 e. The van der Waals surface area contributed by atoms with Crippen LogP contribution in [0.1, 0.15) is 51.0 Å². The van der Waals surface area contributed by atoms with Crippen molar-refractivity contribution in [3.8, 4) is 0 Å². The lowest BCUT2D eigenvalue weighted by atomic mass is 9.75. The van der Waals surface area contributed by atoms with E-state index in [9.17, 15) is 4.79 Å². The summed E-state index contributed by atoms with van der Waals surface area (Å²) in [6, 6.07) is 0. The fraction of sp³-hybridized carbons (Fsp3) is 0.765. The van der Waals surface area contributed by atoms with E-state index in [1.165, 1.54) is 11.3 Å². The summed E-state index contributed by atoms with van der Waals surface area (Å²) >= 11 is 1.50. The Morgan fingerprint density at radius 2 is 2.17 bits per heavy atom. The van der Waals surface area contributed by atoms with Crippen molar-refractivity contribution in [3.63, 3.8) is 0 Å². The van der Waals surface area contributed by atoms with Crippen molar-refractivity contribution < 1.29 is 14.0 Å². The zero-order valence-corrected chi connectivity index (χ0v) is 17.6. The summed E-state index contributed by atoms with van der Waals surface area (Å²) in [6.07, 6.45) is 2.20. The Balaban J connectivity index is 2.16. The van der Waals surface area contributed by atoms with Gasteiger partial charge in [0.15, 0.2) is 19.9 Å². The maximum Gasteiger partial charge on any atom is 0.357 e. The van der Waals surface area contributed by atoms with E-state index in [1.807, 2.05) is 0 Å². The monoisotopic (exact) mass is 370 g/mol. The highest BCUT2D eigenvalue weighted by atomic mass is 32.1. The first-order valence-corrected chi connectivity index (χ1v) is 12.4. The number of thiazole rings is 1. The number of anilines is 1. The third-order valence-corrected chi connectivity index (χ3v) is 6.16. The lowest BCUT2D eigenvalue weighted by Gasteiger charge is -2.44. The van der Waals surface area contributed by atoms with Crippen LogP contribution >= 0.6 is 11.3 Å². The molecule has 136 valence electrons. The average molecular weight is 371 g/mol. The molecule has 1 fully saturated rings. The van der Waals surface area contributed by atoms with E-state index in [0.717, 1.165) is 24.5 Å². The van der Waals surface area contributed by atoms with Gasteiger partial charge in [-0.1, -0.05) is 20.8 Å². The Labute approximate surface area is 151 Å². The number of esters is 1. The quantitative estimate of drug-likeness (QED) is 0.581. The van der Waals surface area contributed by atoms with Crippen molar-refractivity contribution >= 4 is 31.5 Å². The molecule has 1 aromatic rings. The Bertz CT molecular complexity index is 556. The molecule has 0 bridgehead atoms. The van der Waals surface area contributed by atoms with Crippen LogP contribution in [0.25, 0.3) is 0 Å². The predicted octanol–water partition coefficient (Wildman–Crippen LogP) is 3.91. The third-order valence-electron chi connectivity index (χ3n) is 4.43. The minimum absolute atomic E-state index is 0.0656. The first-order chi connectivity index (χ1) is 11.2. The van der Waals surface area contributed by atoms with Gasteiger partial charge in [-0.05, 0) is 44.2 Å². The Hall–Kier alpha value is -0.923. The summed E-state index contributed by atoms with van der Waals surface area (Å²) in [7, 11) is -1.17. The number of carbonyl (C=O) groups excluding carboxylic acids is 1. The lowest BCUT2D eigenvalue weighted by molar-refractivity contribution is 0.0520. The van der Waals surface area contributed by atoms with Crippen LogP contribution in [0.4, 0.5) is 5.13 Å². The Morgan fingerprint density at radius 1 is 1.46 bits per heavy atom. The summed E-state index contributed by atoms with van der Waals surface area (Å²) in [5, 5.41) is 2.65. The molecule has 1 saturated heterocycles. The molecule has 2 rings (SSSR count). The summed E-state index contributed by atoms with van der Waals surface area (Å²) in [6.45, 7) is 14.4. The maximum absolute atomic E-state index is 11.9. The highest BCUT2D eigenvalue weighted by molar-refractivity contribution is 7.13. The van der Waals surface area contributed by atoms with Gasteiger partial charge in [-0.25, -0.2) is 9.78 Å². The zero-order valence-electron chi connectivity index (χ0n) is 15.7. The zero-order chi connectivity index (χ0) is 17.9. The van der Waals surface area contributed by atoms with Crippen molar-refractivity contribution in [3.05, 3.63) is 11.1 Å². The normalized spacial score (nSPS) is 22.0. The van der Waals surface area contributed by atoms with Crippen molar-refractivity contribution in [2.45, 2.75) is 59.9 Å². The second-order valence-corrected chi connectivity index (χ2v) is 10.9. The number of ether oxygens (including phenoxy) is 1. The topological polar surface area (TPSA) is 51.7 Å². The molecule has 5 nitrogen and oxygen atoms in total. The summed E-state index contributed by atoms with van der Waals surface area (Å²) < 4.78 is 11.4. The maximum atomic E-state index is 11.9. The molecule has 2 atom stereocenters. The largest absolute Gasteiger partial charge is 0.461 e. The number of hydrogen-bond donors (Lipinski definition) is 0. The van der Waals surface area contributed by atoms with Crippen molar-refractivity contribution in [2.24, 2.45) is 11.3 Å². The van der Waals surface area contributed by atoms with Crippen LogP contribution in [-0.4, -0.2) is 39.4 Å². The van der Waals surface area contributed by atoms with Crippen LogP contribution in [-0.2, 0) is 9.16 Å². The van der Waals surface area contributed by atoms with Gasteiger partial charge in [0.1, 0.15) is 6.23 Å². The number of carbonyl (C=O) groups is 1. The number of hydrogen-bond acceptors (Lipinski definition) is 6. The average Bonchev–Trinajstić information content (AvgIpc) is 2.95. The number of nitrogens with zero attached hydrogens (tertiary/aromatic N) is 2. The third kappa shape index (κ3) is 4.80. The Morgan fingerprint density at radius 3 is 2.75 bits per heavy atom. The van der Waals surface area contributed by atoms with Gasteiger partial charge in [0.25, 0.3) is 0 Å². The second kappa shape index (κ2) is 7.97. The molecule has 0 N–H and O–H groups in total. The van der Waals surface area contributed by atoms with Gasteiger partial charge in [-0.3, -0.25) is 0 Å². The van der Waals surface area contributed by atoms with Crippen molar-refractivity contribution in [1.29, 1.82) is 0 Å². The molecule has 0 aliphatic carbocycles. The van der Waals surface area contributed by atoms with Crippen LogP contribution in [0.3, 0.4) is 0 Å². The van der Waals surface area contributed by atoms with E-state index in [-0.39, 0.29) is 17.6 Å². The van der Waals surface area contributed by atoms with Gasteiger partial charge < -0.3 is 14.1 Å². The van der Waals surface area contributed by atoms with E-state index >= 15 is 0 Å². The van der Waals surface area contributed by atoms with E-state index in [1.54, 1.807) is 12.3 Å².